The number of benzene rings is 2. The summed E-state index contributed by atoms with van der Waals surface area (Å²) >= 11 is 6.89. The van der Waals surface area contributed by atoms with E-state index in [1.54, 1.807) is 0 Å². The summed E-state index contributed by atoms with van der Waals surface area (Å²) in [6.45, 7) is 5.89. The normalized spacial score (nSPS) is 10.4. The van der Waals surface area contributed by atoms with Gasteiger partial charge in [-0.15, -0.1) is 0 Å². The minimum Gasteiger partial charge on any atom is -0.483 e. The molecule has 0 saturated carbocycles. The van der Waals surface area contributed by atoms with Gasteiger partial charge in [-0.25, -0.2) is 0 Å². The zero-order chi connectivity index (χ0) is 16.3. The Morgan fingerprint density at radius 1 is 1.09 bits per heavy atom. The second-order valence-corrected chi connectivity index (χ2v) is 6.96. The van der Waals surface area contributed by atoms with Crippen LogP contribution >= 0.6 is 31.9 Å². The standard InChI is InChI=1S/C17H17Br2NO2/c1-10-4-5-15(14(19)6-10)20-16(21)9-22-17-11(2)7-13(18)8-12(17)3/h4-8H,9H2,1-3H3,(H,20,21). The van der Waals surface area contributed by atoms with Crippen molar-refractivity contribution in [2.24, 2.45) is 0 Å². The summed E-state index contributed by atoms with van der Waals surface area (Å²) in [5.41, 5.74) is 3.86. The highest BCUT2D eigenvalue weighted by molar-refractivity contribution is 9.10. The molecule has 116 valence electrons. The first-order valence-electron chi connectivity index (χ1n) is 6.82. The molecule has 2 aromatic carbocycles. The van der Waals surface area contributed by atoms with Gasteiger partial charge in [-0.1, -0.05) is 22.0 Å². The highest BCUT2D eigenvalue weighted by atomic mass is 79.9. The Bertz CT molecular complexity index is 691. The zero-order valence-electron chi connectivity index (χ0n) is 12.7. The van der Waals surface area contributed by atoms with Crippen molar-refractivity contribution in [3.05, 3.63) is 56.0 Å². The number of anilines is 1. The Morgan fingerprint density at radius 3 is 2.32 bits per heavy atom. The first-order chi connectivity index (χ1) is 10.4. The largest absolute Gasteiger partial charge is 0.483 e. The Kier molecular flexibility index (Phi) is 5.64. The minimum atomic E-state index is -0.189. The first kappa shape index (κ1) is 17.0. The van der Waals surface area contributed by atoms with E-state index in [0.29, 0.717) is 0 Å². The Morgan fingerprint density at radius 2 is 1.73 bits per heavy atom. The van der Waals surface area contributed by atoms with Crippen LogP contribution in [0.25, 0.3) is 0 Å². The summed E-state index contributed by atoms with van der Waals surface area (Å²) < 4.78 is 7.53. The van der Waals surface area contributed by atoms with Crippen molar-refractivity contribution < 1.29 is 9.53 Å². The molecule has 0 fully saturated rings. The quantitative estimate of drug-likeness (QED) is 0.733. The van der Waals surface area contributed by atoms with E-state index in [9.17, 15) is 4.79 Å². The van der Waals surface area contributed by atoms with E-state index < -0.39 is 0 Å². The van der Waals surface area contributed by atoms with E-state index in [0.717, 1.165) is 37.1 Å². The lowest BCUT2D eigenvalue weighted by Crippen LogP contribution is -2.21. The van der Waals surface area contributed by atoms with Crippen LogP contribution in [0.2, 0.25) is 0 Å². The van der Waals surface area contributed by atoms with Gasteiger partial charge in [-0.3, -0.25) is 4.79 Å². The van der Waals surface area contributed by atoms with Gasteiger partial charge in [0.2, 0.25) is 0 Å². The molecule has 0 heterocycles. The van der Waals surface area contributed by atoms with Gasteiger partial charge in [0, 0.05) is 8.95 Å². The van der Waals surface area contributed by atoms with Crippen molar-refractivity contribution in [1.29, 1.82) is 0 Å². The monoisotopic (exact) mass is 425 g/mol. The molecule has 0 atom stereocenters. The van der Waals surface area contributed by atoms with Crippen LogP contribution in [0, 0.1) is 20.8 Å². The van der Waals surface area contributed by atoms with E-state index in [4.69, 9.17) is 4.74 Å². The number of rotatable bonds is 4. The average molecular weight is 427 g/mol. The maximum atomic E-state index is 12.0. The second-order valence-electron chi connectivity index (χ2n) is 5.19. The average Bonchev–Trinajstić information content (AvgIpc) is 2.40. The molecule has 0 spiro atoms. The van der Waals surface area contributed by atoms with Gasteiger partial charge in [-0.2, -0.15) is 0 Å². The summed E-state index contributed by atoms with van der Waals surface area (Å²) in [5, 5.41) is 2.84. The highest BCUT2D eigenvalue weighted by Gasteiger charge is 2.10. The lowest BCUT2D eigenvalue weighted by Gasteiger charge is -2.13. The maximum Gasteiger partial charge on any atom is 0.262 e. The number of nitrogens with one attached hydrogen (secondary N) is 1. The number of hydrogen-bond acceptors (Lipinski definition) is 2. The van der Waals surface area contributed by atoms with E-state index in [-0.39, 0.29) is 12.5 Å². The molecular weight excluding hydrogens is 410 g/mol. The number of amides is 1. The molecule has 0 bridgehead atoms. The van der Waals surface area contributed by atoms with E-state index in [1.165, 1.54) is 0 Å². The van der Waals surface area contributed by atoms with Gasteiger partial charge < -0.3 is 10.1 Å². The molecule has 0 aromatic heterocycles. The van der Waals surface area contributed by atoms with Crippen LogP contribution in [-0.4, -0.2) is 12.5 Å². The minimum absolute atomic E-state index is 0.0242. The van der Waals surface area contributed by atoms with E-state index in [1.807, 2.05) is 51.1 Å². The van der Waals surface area contributed by atoms with E-state index in [2.05, 4.69) is 37.2 Å². The lowest BCUT2D eigenvalue weighted by molar-refractivity contribution is -0.118. The SMILES string of the molecule is Cc1ccc(NC(=O)COc2c(C)cc(Br)cc2C)c(Br)c1. The molecule has 0 aliphatic heterocycles. The summed E-state index contributed by atoms with van der Waals surface area (Å²) in [6, 6.07) is 9.71. The summed E-state index contributed by atoms with van der Waals surface area (Å²) in [6.07, 6.45) is 0. The number of ether oxygens (including phenoxy) is 1. The lowest BCUT2D eigenvalue weighted by atomic mass is 10.1. The number of carbonyl (C=O) groups excluding carboxylic acids is 1. The topological polar surface area (TPSA) is 38.3 Å². The molecule has 2 rings (SSSR count). The first-order valence-corrected chi connectivity index (χ1v) is 8.41. The number of aryl methyl sites for hydroxylation is 3. The van der Waals surface area contributed by atoms with Crippen molar-refractivity contribution in [1.82, 2.24) is 0 Å². The van der Waals surface area contributed by atoms with Gasteiger partial charge in [0.25, 0.3) is 5.91 Å². The Labute approximate surface area is 147 Å². The van der Waals surface area contributed by atoms with E-state index >= 15 is 0 Å². The third-order valence-electron chi connectivity index (χ3n) is 3.17. The molecule has 0 unspecified atom stereocenters. The van der Waals surface area contributed by atoms with Gasteiger partial charge >= 0.3 is 0 Å². The fourth-order valence-electron chi connectivity index (χ4n) is 2.17. The predicted molar refractivity (Wildman–Crippen MR) is 96.6 cm³/mol. The Hall–Kier alpha value is -1.33. The summed E-state index contributed by atoms with van der Waals surface area (Å²) in [4.78, 5) is 12.0. The molecule has 0 aliphatic carbocycles. The smallest absolute Gasteiger partial charge is 0.262 e. The third kappa shape index (κ3) is 4.34. The zero-order valence-corrected chi connectivity index (χ0v) is 15.8. The molecule has 0 aliphatic rings. The van der Waals surface area contributed by atoms with Crippen molar-refractivity contribution in [3.63, 3.8) is 0 Å². The molecule has 22 heavy (non-hydrogen) atoms. The van der Waals surface area contributed by atoms with Gasteiger partial charge in [-0.05, 0) is 77.7 Å². The molecular formula is C17H17Br2NO2. The van der Waals surface area contributed by atoms with Crippen molar-refractivity contribution >= 4 is 43.5 Å². The van der Waals surface area contributed by atoms with Crippen molar-refractivity contribution in [2.75, 3.05) is 11.9 Å². The number of carbonyl (C=O) groups is 1. The van der Waals surface area contributed by atoms with Crippen LogP contribution < -0.4 is 10.1 Å². The molecule has 5 heteroatoms. The van der Waals surface area contributed by atoms with Gasteiger partial charge in [0.05, 0.1) is 5.69 Å². The maximum absolute atomic E-state index is 12.0. The van der Waals surface area contributed by atoms with Crippen LogP contribution in [0.4, 0.5) is 5.69 Å². The summed E-state index contributed by atoms with van der Waals surface area (Å²) in [5.74, 6) is 0.563. The van der Waals surface area contributed by atoms with Crippen LogP contribution in [0.3, 0.4) is 0 Å². The van der Waals surface area contributed by atoms with Gasteiger partial charge in [0.1, 0.15) is 5.75 Å². The third-order valence-corrected chi connectivity index (χ3v) is 4.29. The molecule has 2 aromatic rings. The molecule has 1 N–H and O–H groups in total. The van der Waals surface area contributed by atoms with Crippen LogP contribution in [0.5, 0.6) is 5.75 Å². The van der Waals surface area contributed by atoms with Gasteiger partial charge in [0.15, 0.2) is 6.61 Å². The molecule has 3 nitrogen and oxygen atoms in total. The van der Waals surface area contributed by atoms with Crippen molar-refractivity contribution in [3.8, 4) is 5.75 Å². The van der Waals surface area contributed by atoms with Crippen LogP contribution in [-0.2, 0) is 4.79 Å². The predicted octanol–water partition coefficient (Wildman–Crippen LogP) is 5.15. The fourth-order valence-corrected chi connectivity index (χ4v) is 3.45. The molecule has 0 saturated heterocycles. The Balaban J connectivity index is 2.02. The summed E-state index contributed by atoms with van der Waals surface area (Å²) in [7, 11) is 0. The molecule has 1 amide bonds. The second kappa shape index (κ2) is 7.29. The number of hydrogen-bond donors (Lipinski definition) is 1. The van der Waals surface area contributed by atoms with Crippen molar-refractivity contribution in [2.45, 2.75) is 20.8 Å². The highest BCUT2D eigenvalue weighted by Crippen LogP contribution is 2.27. The number of halogens is 2. The van der Waals surface area contributed by atoms with Crippen LogP contribution in [0.15, 0.2) is 39.3 Å². The van der Waals surface area contributed by atoms with Crippen LogP contribution in [0.1, 0.15) is 16.7 Å². The fraction of sp³-hybridized carbons (Fsp3) is 0.235. The molecule has 0 radical (unpaired) electrons.